The Morgan fingerprint density at radius 1 is 0.852 bits per heavy atom. The van der Waals surface area contributed by atoms with E-state index in [1.54, 1.807) is 6.07 Å². The van der Waals surface area contributed by atoms with Gasteiger partial charge in [0, 0.05) is 36.5 Å². The molecule has 0 bridgehead atoms. The van der Waals surface area contributed by atoms with Crippen molar-refractivity contribution in [2.45, 2.75) is 0 Å². The number of nitrogens with zero attached hydrogens (tertiary/aromatic N) is 3. The van der Waals surface area contributed by atoms with E-state index in [2.05, 4.69) is 4.98 Å². The fourth-order valence-corrected chi connectivity index (χ4v) is 1.95. The lowest BCUT2D eigenvalue weighted by molar-refractivity contribution is -0.385. The van der Waals surface area contributed by atoms with Crippen LogP contribution in [0.4, 0.5) is 15.8 Å². The molecule has 0 N–H and O–H groups in total. The Morgan fingerprint density at radius 3 is 1.85 bits per heavy atom. The van der Waals surface area contributed by atoms with Crippen molar-refractivity contribution >= 4 is 23.0 Å². The van der Waals surface area contributed by atoms with Crippen molar-refractivity contribution in [3.8, 4) is 11.5 Å². The summed E-state index contributed by atoms with van der Waals surface area (Å²) in [4.78, 5) is 23.3. The van der Waals surface area contributed by atoms with E-state index < -0.39 is 15.7 Å². The van der Waals surface area contributed by atoms with E-state index in [1.165, 1.54) is 36.7 Å². The molecule has 3 rings (SSSR count). The van der Waals surface area contributed by atoms with Crippen molar-refractivity contribution in [2.24, 2.45) is 0 Å². The topological polar surface area (TPSA) is 108 Å². The maximum atomic E-state index is 12.1. The first-order chi connectivity index (χ1) is 12.8. The molecule has 138 valence electrons. The Balaban J connectivity index is 0.000000223. The van der Waals surface area contributed by atoms with Gasteiger partial charge in [-0.15, -0.1) is 0 Å². The molecule has 0 unspecified atom stereocenters. The molecule has 10 heteroatoms. The van der Waals surface area contributed by atoms with Gasteiger partial charge in [0.1, 0.15) is 17.3 Å². The summed E-state index contributed by atoms with van der Waals surface area (Å²) in [6, 6.07) is 11.7. The summed E-state index contributed by atoms with van der Waals surface area (Å²) in [5.41, 5.74) is -0.0806. The number of halogens is 2. The van der Waals surface area contributed by atoms with Crippen molar-refractivity contribution in [3.05, 3.63) is 98.1 Å². The molecule has 0 aliphatic carbocycles. The average molecular weight is 392 g/mol. The van der Waals surface area contributed by atoms with Gasteiger partial charge in [0.2, 0.25) is 0 Å². The fourth-order valence-electron chi connectivity index (χ4n) is 1.78. The van der Waals surface area contributed by atoms with Crippen molar-refractivity contribution in [3.63, 3.8) is 0 Å². The van der Waals surface area contributed by atoms with Gasteiger partial charge in [-0.25, -0.2) is 4.39 Å². The smallest absolute Gasteiger partial charge is 0.269 e. The van der Waals surface area contributed by atoms with Crippen LogP contribution >= 0.6 is 11.6 Å². The number of hydrogen-bond donors (Lipinski definition) is 0. The van der Waals surface area contributed by atoms with Gasteiger partial charge in [-0.1, -0.05) is 11.6 Å². The minimum Gasteiger partial charge on any atom is -0.456 e. The molecule has 0 fully saturated rings. The van der Waals surface area contributed by atoms with E-state index in [1.807, 2.05) is 0 Å². The predicted molar refractivity (Wildman–Crippen MR) is 95.5 cm³/mol. The number of hydrogen-bond acceptors (Lipinski definition) is 6. The third-order valence-electron chi connectivity index (χ3n) is 3.00. The van der Waals surface area contributed by atoms with Gasteiger partial charge in [0.05, 0.1) is 21.1 Å². The lowest BCUT2D eigenvalue weighted by Gasteiger charge is -2.04. The van der Waals surface area contributed by atoms with Crippen molar-refractivity contribution in [1.29, 1.82) is 0 Å². The summed E-state index contributed by atoms with van der Waals surface area (Å²) < 4.78 is 17.6. The molecule has 0 aliphatic rings. The third kappa shape index (κ3) is 6.33. The van der Waals surface area contributed by atoms with Crippen molar-refractivity contribution in [2.75, 3.05) is 0 Å². The molecule has 0 aliphatic heterocycles. The molecule has 0 amide bonds. The minimum atomic E-state index is -0.570. The number of aromatic nitrogens is 1. The zero-order valence-electron chi connectivity index (χ0n) is 13.5. The number of pyridine rings is 1. The Labute approximate surface area is 157 Å². The minimum absolute atomic E-state index is 0.0153. The van der Waals surface area contributed by atoms with E-state index in [0.29, 0.717) is 16.5 Å². The summed E-state index contributed by atoms with van der Waals surface area (Å²) in [5.74, 6) is 0.497. The summed E-state index contributed by atoms with van der Waals surface area (Å²) >= 11 is 5.75. The average Bonchev–Trinajstić information content (AvgIpc) is 2.63. The molecule has 2 aromatic carbocycles. The van der Waals surface area contributed by atoms with Gasteiger partial charge in [-0.05, 0) is 24.3 Å². The van der Waals surface area contributed by atoms with Crippen LogP contribution in [0.3, 0.4) is 0 Å². The molecule has 0 saturated carbocycles. The highest BCUT2D eigenvalue weighted by Crippen LogP contribution is 2.24. The van der Waals surface area contributed by atoms with Gasteiger partial charge < -0.3 is 4.74 Å². The second-order valence-electron chi connectivity index (χ2n) is 4.93. The maximum absolute atomic E-state index is 12.1. The first-order valence-electron chi connectivity index (χ1n) is 7.28. The van der Waals surface area contributed by atoms with Gasteiger partial charge in [-0.2, -0.15) is 0 Å². The summed E-state index contributed by atoms with van der Waals surface area (Å²) in [5, 5.41) is 20.9. The van der Waals surface area contributed by atoms with Crippen LogP contribution in [0.5, 0.6) is 11.5 Å². The molecule has 1 aromatic heterocycles. The van der Waals surface area contributed by atoms with Crippen molar-refractivity contribution in [1.82, 2.24) is 4.98 Å². The first kappa shape index (κ1) is 19.7. The molecule has 0 saturated heterocycles. The van der Waals surface area contributed by atoms with Gasteiger partial charge in [-0.3, -0.25) is 25.2 Å². The number of benzene rings is 2. The molecular weight excluding hydrogens is 381 g/mol. The molecule has 0 spiro atoms. The number of nitro benzene ring substituents is 2. The van der Waals surface area contributed by atoms with Crippen LogP contribution in [0.1, 0.15) is 0 Å². The summed E-state index contributed by atoms with van der Waals surface area (Å²) in [7, 11) is 0. The van der Waals surface area contributed by atoms with Gasteiger partial charge in [0.25, 0.3) is 11.4 Å². The predicted octanol–water partition coefficient (Wildman–Crippen LogP) is 5.17. The Bertz CT molecular complexity index is 936. The van der Waals surface area contributed by atoms with Crippen LogP contribution in [0.25, 0.3) is 0 Å². The monoisotopic (exact) mass is 391 g/mol. The second kappa shape index (κ2) is 9.20. The largest absolute Gasteiger partial charge is 0.456 e. The quantitative estimate of drug-likeness (QED) is 0.448. The van der Waals surface area contributed by atoms with Crippen LogP contribution in [-0.2, 0) is 0 Å². The Hall–Kier alpha value is -3.59. The molecule has 0 atom stereocenters. The second-order valence-corrected chi connectivity index (χ2v) is 5.36. The normalized spacial score (nSPS) is 9.70. The first-order valence-corrected chi connectivity index (χ1v) is 7.66. The third-order valence-corrected chi connectivity index (χ3v) is 3.21. The Morgan fingerprint density at radius 2 is 1.37 bits per heavy atom. The van der Waals surface area contributed by atoms with E-state index in [9.17, 15) is 24.6 Å². The lowest BCUT2D eigenvalue weighted by Crippen LogP contribution is -1.88. The number of nitro groups is 2. The molecule has 27 heavy (non-hydrogen) atoms. The maximum Gasteiger partial charge on any atom is 0.269 e. The standard InChI is InChI=1S/C11H7ClN2O3.C6H4FNO2/c12-8-5-11(7-13-6-8)17-10-3-1-9(2-4-10)14(15)16;7-5-1-3-6(4-2-5)8(9)10/h1-7H;1-4H. The molecule has 3 aromatic rings. The van der Waals surface area contributed by atoms with Gasteiger partial charge in [0.15, 0.2) is 0 Å². The molecular formula is C17H11ClFN3O5. The molecule has 1 heterocycles. The fraction of sp³-hybridized carbons (Fsp3) is 0. The zero-order valence-corrected chi connectivity index (χ0v) is 14.2. The van der Waals surface area contributed by atoms with Crippen LogP contribution in [0, 0.1) is 26.0 Å². The molecule has 8 nitrogen and oxygen atoms in total. The van der Waals surface area contributed by atoms with Crippen LogP contribution in [0.15, 0.2) is 67.0 Å². The van der Waals surface area contributed by atoms with Crippen LogP contribution in [-0.4, -0.2) is 14.8 Å². The zero-order chi connectivity index (χ0) is 19.8. The van der Waals surface area contributed by atoms with E-state index >= 15 is 0 Å². The molecule has 0 radical (unpaired) electrons. The number of non-ortho nitro benzene ring substituents is 2. The summed E-state index contributed by atoms with van der Waals surface area (Å²) in [6.07, 6.45) is 3.00. The highest BCUT2D eigenvalue weighted by molar-refractivity contribution is 6.30. The van der Waals surface area contributed by atoms with Crippen LogP contribution < -0.4 is 4.74 Å². The highest BCUT2D eigenvalue weighted by atomic mass is 35.5. The van der Waals surface area contributed by atoms with E-state index in [-0.39, 0.29) is 11.4 Å². The van der Waals surface area contributed by atoms with Crippen LogP contribution in [0.2, 0.25) is 5.02 Å². The number of ether oxygens (including phenoxy) is 1. The SMILES string of the molecule is O=[N+]([O-])c1ccc(F)cc1.O=[N+]([O-])c1ccc(Oc2cncc(Cl)c2)cc1. The number of rotatable bonds is 4. The van der Waals surface area contributed by atoms with Crippen molar-refractivity contribution < 1.29 is 19.0 Å². The van der Waals surface area contributed by atoms with E-state index in [0.717, 1.165) is 24.3 Å². The van der Waals surface area contributed by atoms with Gasteiger partial charge >= 0.3 is 0 Å². The highest BCUT2D eigenvalue weighted by Gasteiger charge is 2.05. The Kier molecular flexibility index (Phi) is 6.73. The summed E-state index contributed by atoms with van der Waals surface area (Å²) in [6.45, 7) is 0. The van der Waals surface area contributed by atoms with E-state index in [4.69, 9.17) is 16.3 Å². The lowest BCUT2D eigenvalue weighted by atomic mass is 10.3.